The van der Waals surface area contributed by atoms with Gasteiger partial charge in [0, 0.05) is 16.9 Å². The van der Waals surface area contributed by atoms with Crippen LogP contribution in [0.25, 0.3) is 0 Å². The van der Waals surface area contributed by atoms with E-state index < -0.39 is 0 Å². The van der Waals surface area contributed by atoms with Crippen molar-refractivity contribution in [3.05, 3.63) is 29.3 Å². The Morgan fingerprint density at radius 2 is 2.10 bits per heavy atom. The average molecular weight is 317 g/mol. The first-order valence-corrected chi connectivity index (χ1v) is 7.12. The summed E-state index contributed by atoms with van der Waals surface area (Å²) in [4.78, 5) is 11.4. The third-order valence-corrected chi connectivity index (χ3v) is 3.19. The zero-order valence-corrected chi connectivity index (χ0v) is 13.6. The molecule has 1 aromatic rings. The van der Waals surface area contributed by atoms with Crippen molar-refractivity contribution in [1.29, 1.82) is 5.41 Å². The SMILES string of the molecule is CC(=O)c1ccc(OCC(C)C)c(CSC(=N)N)c1.Cl. The molecule has 0 aliphatic heterocycles. The summed E-state index contributed by atoms with van der Waals surface area (Å²) in [5.74, 6) is 1.74. The molecule has 0 radical (unpaired) electrons. The van der Waals surface area contributed by atoms with Crippen molar-refractivity contribution in [2.75, 3.05) is 6.61 Å². The molecule has 4 nitrogen and oxygen atoms in total. The number of nitrogens with one attached hydrogen (secondary N) is 1. The number of halogens is 1. The minimum atomic E-state index is 0. The predicted octanol–water partition coefficient (Wildman–Crippen LogP) is 3.47. The summed E-state index contributed by atoms with van der Waals surface area (Å²) in [5, 5.41) is 7.31. The van der Waals surface area contributed by atoms with Crippen LogP contribution in [-0.2, 0) is 5.75 Å². The first kappa shape index (κ1) is 18.8. The minimum absolute atomic E-state index is 0. The highest BCUT2D eigenvalue weighted by atomic mass is 35.5. The predicted molar refractivity (Wildman–Crippen MR) is 87.2 cm³/mol. The molecule has 6 heteroatoms. The van der Waals surface area contributed by atoms with Crippen molar-refractivity contribution in [3.63, 3.8) is 0 Å². The fraction of sp³-hybridized carbons (Fsp3) is 0.429. The smallest absolute Gasteiger partial charge is 0.159 e. The third kappa shape index (κ3) is 6.30. The number of carbonyl (C=O) groups excluding carboxylic acids is 1. The van der Waals surface area contributed by atoms with E-state index in [1.165, 1.54) is 18.7 Å². The Kier molecular flexibility index (Phi) is 8.34. The van der Waals surface area contributed by atoms with Gasteiger partial charge in [-0.05, 0) is 31.0 Å². The maximum absolute atomic E-state index is 11.4. The molecule has 0 aliphatic rings. The van der Waals surface area contributed by atoms with Gasteiger partial charge in [0.15, 0.2) is 11.0 Å². The maximum atomic E-state index is 11.4. The van der Waals surface area contributed by atoms with E-state index in [1.807, 2.05) is 12.1 Å². The number of Topliss-reactive ketones (excluding diaryl/α,β-unsaturated/α-hetero) is 1. The van der Waals surface area contributed by atoms with Gasteiger partial charge >= 0.3 is 0 Å². The van der Waals surface area contributed by atoms with Gasteiger partial charge in [0.25, 0.3) is 0 Å². The molecule has 0 spiro atoms. The fourth-order valence-electron chi connectivity index (χ4n) is 1.46. The van der Waals surface area contributed by atoms with E-state index in [1.54, 1.807) is 6.07 Å². The largest absolute Gasteiger partial charge is 0.493 e. The standard InChI is InChI=1S/C14H20N2O2S.ClH/c1-9(2)7-18-13-5-4-11(10(3)17)6-12(13)8-19-14(15)16;/h4-6,9H,7-8H2,1-3H3,(H3,15,16);1H. The van der Waals surface area contributed by atoms with Gasteiger partial charge in [-0.25, -0.2) is 0 Å². The quantitative estimate of drug-likeness (QED) is 0.478. The zero-order valence-electron chi connectivity index (χ0n) is 11.9. The molecular formula is C14H21ClN2O2S. The third-order valence-electron chi connectivity index (χ3n) is 2.42. The molecule has 0 bridgehead atoms. The molecule has 20 heavy (non-hydrogen) atoms. The zero-order chi connectivity index (χ0) is 14.4. The average Bonchev–Trinajstić information content (AvgIpc) is 2.33. The normalized spacial score (nSPS) is 10.0. The van der Waals surface area contributed by atoms with Crippen molar-refractivity contribution in [3.8, 4) is 5.75 Å². The summed E-state index contributed by atoms with van der Waals surface area (Å²) in [6.07, 6.45) is 0. The first-order valence-electron chi connectivity index (χ1n) is 6.13. The topological polar surface area (TPSA) is 76.2 Å². The van der Waals surface area contributed by atoms with Crippen LogP contribution in [0.15, 0.2) is 18.2 Å². The number of rotatable bonds is 6. The van der Waals surface area contributed by atoms with E-state index in [0.717, 1.165) is 11.3 Å². The summed E-state index contributed by atoms with van der Waals surface area (Å²) in [6, 6.07) is 5.39. The van der Waals surface area contributed by atoms with Gasteiger partial charge in [-0.15, -0.1) is 12.4 Å². The molecule has 0 unspecified atom stereocenters. The lowest BCUT2D eigenvalue weighted by Gasteiger charge is -2.13. The van der Waals surface area contributed by atoms with Crippen molar-refractivity contribution < 1.29 is 9.53 Å². The molecule has 0 saturated carbocycles. The molecule has 0 aromatic heterocycles. The highest BCUT2D eigenvalue weighted by Crippen LogP contribution is 2.25. The maximum Gasteiger partial charge on any atom is 0.159 e. The first-order chi connectivity index (χ1) is 8.90. The Balaban J connectivity index is 0.00000361. The van der Waals surface area contributed by atoms with Crippen LogP contribution in [0.3, 0.4) is 0 Å². The number of benzene rings is 1. The van der Waals surface area contributed by atoms with E-state index in [2.05, 4.69) is 13.8 Å². The van der Waals surface area contributed by atoms with Crippen LogP contribution in [0.4, 0.5) is 0 Å². The number of hydrogen-bond donors (Lipinski definition) is 2. The molecule has 0 fully saturated rings. The number of thioether (sulfide) groups is 1. The van der Waals surface area contributed by atoms with Crippen LogP contribution in [0, 0.1) is 11.3 Å². The van der Waals surface area contributed by atoms with E-state index in [4.69, 9.17) is 15.9 Å². The number of nitrogens with two attached hydrogens (primary N) is 1. The molecular weight excluding hydrogens is 296 g/mol. The highest BCUT2D eigenvalue weighted by Gasteiger charge is 2.09. The molecule has 0 heterocycles. The number of hydrogen-bond acceptors (Lipinski definition) is 4. The summed E-state index contributed by atoms with van der Waals surface area (Å²) >= 11 is 1.22. The van der Waals surface area contributed by atoms with Crippen molar-refractivity contribution in [1.82, 2.24) is 0 Å². The second-order valence-electron chi connectivity index (χ2n) is 4.74. The van der Waals surface area contributed by atoms with E-state index in [-0.39, 0.29) is 23.4 Å². The molecule has 0 atom stereocenters. The number of ketones is 1. The van der Waals surface area contributed by atoms with Gasteiger partial charge in [-0.3, -0.25) is 10.2 Å². The Labute approximate surface area is 130 Å². The van der Waals surface area contributed by atoms with Crippen LogP contribution in [-0.4, -0.2) is 17.6 Å². The van der Waals surface area contributed by atoms with Crippen LogP contribution >= 0.6 is 24.2 Å². The molecule has 0 aliphatic carbocycles. The Hall–Kier alpha value is -1.20. The second kappa shape index (κ2) is 8.87. The monoisotopic (exact) mass is 316 g/mol. The van der Waals surface area contributed by atoms with Crippen LogP contribution < -0.4 is 10.5 Å². The Bertz CT molecular complexity index is 478. The lowest BCUT2D eigenvalue weighted by atomic mass is 10.1. The van der Waals surface area contributed by atoms with Crippen molar-refractivity contribution in [2.24, 2.45) is 11.7 Å². The van der Waals surface area contributed by atoms with Gasteiger partial charge < -0.3 is 10.5 Å². The van der Waals surface area contributed by atoms with E-state index >= 15 is 0 Å². The number of carbonyl (C=O) groups is 1. The lowest BCUT2D eigenvalue weighted by molar-refractivity contribution is 0.101. The molecule has 1 aromatic carbocycles. The van der Waals surface area contributed by atoms with Crippen molar-refractivity contribution in [2.45, 2.75) is 26.5 Å². The molecule has 3 N–H and O–H groups in total. The summed E-state index contributed by atoms with van der Waals surface area (Å²) < 4.78 is 5.73. The van der Waals surface area contributed by atoms with Crippen molar-refractivity contribution >= 4 is 35.1 Å². The fourth-order valence-corrected chi connectivity index (χ4v) is 2.00. The lowest BCUT2D eigenvalue weighted by Crippen LogP contribution is -2.08. The van der Waals surface area contributed by atoms with E-state index in [9.17, 15) is 4.79 Å². The summed E-state index contributed by atoms with van der Waals surface area (Å²) in [7, 11) is 0. The second-order valence-corrected chi connectivity index (χ2v) is 5.75. The Morgan fingerprint density at radius 1 is 1.45 bits per heavy atom. The van der Waals surface area contributed by atoms with Gasteiger partial charge in [0.05, 0.1) is 6.61 Å². The van der Waals surface area contributed by atoms with Gasteiger partial charge in [0.1, 0.15) is 5.75 Å². The molecule has 0 saturated heterocycles. The highest BCUT2D eigenvalue weighted by molar-refractivity contribution is 8.13. The molecule has 0 amide bonds. The van der Waals surface area contributed by atoms with Crippen LogP contribution in [0.2, 0.25) is 0 Å². The Morgan fingerprint density at radius 3 is 2.60 bits per heavy atom. The van der Waals surface area contributed by atoms with Gasteiger partial charge in [0.2, 0.25) is 0 Å². The van der Waals surface area contributed by atoms with Crippen LogP contribution in [0.1, 0.15) is 36.7 Å². The summed E-state index contributed by atoms with van der Waals surface area (Å²) in [6.45, 7) is 6.31. The van der Waals surface area contributed by atoms with Crippen LogP contribution in [0.5, 0.6) is 5.75 Å². The molecule has 1 rings (SSSR count). The van der Waals surface area contributed by atoms with Gasteiger partial charge in [-0.1, -0.05) is 25.6 Å². The van der Waals surface area contributed by atoms with Gasteiger partial charge in [-0.2, -0.15) is 0 Å². The minimum Gasteiger partial charge on any atom is -0.493 e. The van der Waals surface area contributed by atoms with E-state index in [0.29, 0.717) is 23.8 Å². The number of ether oxygens (including phenoxy) is 1. The summed E-state index contributed by atoms with van der Waals surface area (Å²) in [5.41, 5.74) is 6.89. The molecule has 112 valence electrons. The number of amidine groups is 1.